The summed E-state index contributed by atoms with van der Waals surface area (Å²) in [4.78, 5) is 13.7. The second kappa shape index (κ2) is 6.89. The van der Waals surface area contributed by atoms with E-state index in [0.717, 1.165) is 25.9 Å². The molecule has 0 unspecified atom stereocenters. The van der Waals surface area contributed by atoms with E-state index in [0.29, 0.717) is 12.6 Å². The highest BCUT2D eigenvalue weighted by molar-refractivity contribution is 5.78. The van der Waals surface area contributed by atoms with Crippen LogP contribution in [0.2, 0.25) is 0 Å². The van der Waals surface area contributed by atoms with Crippen molar-refractivity contribution >= 4 is 6.09 Å². The molecule has 1 aliphatic heterocycles. The second-order valence-corrected chi connectivity index (χ2v) is 6.73. The Balaban J connectivity index is 1.48. The van der Waals surface area contributed by atoms with E-state index in [9.17, 15) is 4.79 Å². The van der Waals surface area contributed by atoms with Crippen molar-refractivity contribution in [3.63, 3.8) is 0 Å². The molecule has 4 rings (SSSR count). The molecule has 0 atom stereocenters. The van der Waals surface area contributed by atoms with Gasteiger partial charge in [-0.3, -0.25) is 0 Å². The summed E-state index contributed by atoms with van der Waals surface area (Å²) in [6.45, 7) is 3.80. The monoisotopic (exact) mass is 336 g/mol. The molecule has 4 heteroatoms. The van der Waals surface area contributed by atoms with Crippen LogP contribution in [0, 0.1) is 0 Å². The largest absolute Gasteiger partial charge is 0.450 e. The summed E-state index contributed by atoms with van der Waals surface area (Å²) < 4.78 is 5.11. The van der Waals surface area contributed by atoms with Crippen LogP contribution in [0.1, 0.15) is 36.9 Å². The Morgan fingerprint density at radius 3 is 2.16 bits per heavy atom. The van der Waals surface area contributed by atoms with Crippen molar-refractivity contribution < 1.29 is 9.53 Å². The van der Waals surface area contributed by atoms with E-state index in [-0.39, 0.29) is 12.1 Å². The standard InChI is InChI=1S/C21H24N2O2/c1-2-25-21(24)23-13-11-15(12-14-23)22-20-18-9-5-3-7-16(18)17-8-4-6-10-19(17)20/h3-10,15,20,22H,2,11-14H2,1H3. The van der Waals surface area contributed by atoms with Crippen LogP contribution in [0.15, 0.2) is 48.5 Å². The highest BCUT2D eigenvalue weighted by Crippen LogP contribution is 2.43. The van der Waals surface area contributed by atoms with Crippen molar-refractivity contribution in [3.8, 4) is 11.1 Å². The number of hydrogen-bond acceptors (Lipinski definition) is 3. The fourth-order valence-electron chi connectivity index (χ4n) is 4.01. The number of likely N-dealkylation sites (tertiary alicyclic amines) is 1. The Bertz CT molecular complexity index is 720. The first kappa shape index (κ1) is 16.2. The van der Waals surface area contributed by atoms with E-state index in [2.05, 4.69) is 53.8 Å². The van der Waals surface area contributed by atoms with Crippen LogP contribution in [0.25, 0.3) is 11.1 Å². The molecule has 0 saturated carbocycles. The molecule has 1 N–H and O–H groups in total. The fraction of sp³-hybridized carbons (Fsp3) is 0.381. The van der Waals surface area contributed by atoms with Gasteiger partial charge < -0.3 is 15.0 Å². The summed E-state index contributed by atoms with van der Waals surface area (Å²) >= 11 is 0. The topological polar surface area (TPSA) is 41.6 Å². The number of carbonyl (C=O) groups excluding carboxylic acids is 1. The molecule has 0 radical (unpaired) electrons. The van der Waals surface area contributed by atoms with Crippen molar-refractivity contribution in [2.45, 2.75) is 31.8 Å². The van der Waals surface area contributed by atoms with Crippen LogP contribution in [0.5, 0.6) is 0 Å². The quantitative estimate of drug-likeness (QED) is 0.922. The first-order valence-electron chi connectivity index (χ1n) is 9.14. The third-order valence-corrected chi connectivity index (χ3v) is 5.26. The van der Waals surface area contributed by atoms with Crippen LogP contribution in [-0.4, -0.2) is 36.7 Å². The highest BCUT2D eigenvalue weighted by atomic mass is 16.6. The SMILES string of the molecule is CCOC(=O)N1CCC(NC2c3ccccc3-c3ccccc32)CC1. The minimum atomic E-state index is -0.183. The average Bonchev–Trinajstić information content (AvgIpc) is 2.97. The molecule has 1 heterocycles. The molecule has 25 heavy (non-hydrogen) atoms. The molecule has 130 valence electrons. The molecule has 1 amide bonds. The summed E-state index contributed by atoms with van der Waals surface area (Å²) in [5.41, 5.74) is 5.38. The first-order chi connectivity index (χ1) is 12.3. The fourth-order valence-corrected chi connectivity index (χ4v) is 4.01. The molecule has 2 aromatic carbocycles. The van der Waals surface area contributed by atoms with Gasteiger partial charge >= 0.3 is 6.09 Å². The number of rotatable bonds is 3. The van der Waals surface area contributed by atoms with Gasteiger partial charge in [-0.15, -0.1) is 0 Å². The van der Waals surface area contributed by atoms with Crippen molar-refractivity contribution in [2.75, 3.05) is 19.7 Å². The molecule has 2 aromatic rings. The van der Waals surface area contributed by atoms with Crippen LogP contribution in [0.4, 0.5) is 4.79 Å². The molecular formula is C21H24N2O2. The molecule has 2 aliphatic rings. The van der Waals surface area contributed by atoms with Gasteiger partial charge in [0.1, 0.15) is 0 Å². The maximum atomic E-state index is 11.9. The first-order valence-corrected chi connectivity index (χ1v) is 9.14. The summed E-state index contributed by atoms with van der Waals surface area (Å²) in [5.74, 6) is 0. The van der Waals surface area contributed by atoms with E-state index in [1.165, 1.54) is 22.3 Å². The lowest BCUT2D eigenvalue weighted by atomic mass is 10.00. The third kappa shape index (κ3) is 3.02. The minimum Gasteiger partial charge on any atom is -0.450 e. The van der Waals surface area contributed by atoms with Crippen LogP contribution in [-0.2, 0) is 4.74 Å². The maximum absolute atomic E-state index is 11.9. The zero-order valence-electron chi connectivity index (χ0n) is 14.6. The molecule has 0 bridgehead atoms. The number of ether oxygens (including phenoxy) is 1. The van der Waals surface area contributed by atoms with Crippen LogP contribution < -0.4 is 5.32 Å². The van der Waals surface area contributed by atoms with Gasteiger partial charge in [0.25, 0.3) is 0 Å². The van der Waals surface area contributed by atoms with Crippen LogP contribution >= 0.6 is 0 Å². The number of benzene rings is 2. The summed E-state index contributed by atoms with van der Waals surface area (Å²) in [6, 6.07) is 18.0. The van der Waals surface area contributed by atoms with Gasteiger partial charge in [-0.05, 0) is 42.0 Å². The number of carbonyl (C=O) groups is 1. The van der Waals surface area contributed by atoms with Crippen molar-refractivity contribution in [1.82, 2.24) is 10.2 Å². The third-order valence-electron chi connectivity index (χ3n) is 5.26. The number of piperidine rings is 1. The number of amides is 1. The van der Waals surface area contributed by atoms with Gasteiger partial charge in [0.15, 0.2) is 0 Å². The number of fused-ring (bicyclic) bond motifs is 3. The van der Waals surface area contributed by atoms with Crippen molar-refractivity contribution in [1.29, 1.82) is 0 Å². The van der Waals surface area contributed by atoms with Crippen molar-refractivity contribution in [2.24, 2.45) is 0 Å². The van der Waals surface area contributed by atoms with Gasteiger partial charge in [0, 0.05) is 19.1 Å². The summed E-state index contributed by atoms with van der Waals surface area (Å²) in [6.07, 6.45) is 1.73. The van der Waals surface area contributed by atoms with Gasteiger partial charge in [0.2, 0.25) is 0 Å². The van der Waals surface area contributed by atoms with Gasteiger partial charge in [-0.2, -0.15) is 0 Å². The predicted octanol–water partition coefficient (Wildman–Crippen LogP) is 3.97. The molecule has 0 aromatic heterocycles. The molecular weight excluding hydrogens is 312 g/mol. The molecule has 4 nitrogen and oxygen atoms in total. The number of hydrogen-bond donors (Lipinski definition) is 1. The zero-order chi connectivity index (χ0) is 17.2. The van der Waals surface area contributed by atoms with E-state index < -0.39 is 0 Å². The predicted molar refractivity (Wildman–Crippen MR) is 98.5 cm³/mol. The van der Waals surface area contributed by atoms with Crippen LogP contribution in [0.3, 0.4) is 0 Å². The Labute approximate surface area is 148 Å². The Morgan fingerprint density at radius 1 is 1.04 bits per heavy atom. The summed E-state index contributed by atoms with van der Waals surface area (Å²) in [7, 11) is 0. The number of nitrogens with zero attached hydrogens (tertiary/aromatic N) is 1. The zero-order valence-corrected chi connectivity index (χ0v) is 14.6. The molecule has 1 aliphatic carbocycles. The van der Waals surface area contributed by atoms with E-state index in [1.807, 2.05) is 11.8 Å². The lowest BCUT2D eigenvalue weighted by molar-refractivity contribution is 0.0946. The maximum Gasteiger partial charge on any atom is 0.409 e. The second-order valence-electron chi connectivity index (χ2n) is 6.73. The normalized spacial score (nSPS) is 17.2. The highest BCUT2D eigenvalue weighted by Gasteiger charge is 2.31. The molecule has 1 saturated heterocycles. The Hall–Kier alpha value is -2.33. The van der Waals surface area contributed by atoms with Gasteiger partial charge in [-0.25, -0.2) is 4.79 Å². The smallest absolute Gasteiger partial charge is 0.409 e. The van der Waals surface area contributed by atoms with E-state index in [1.54, 1.807) is 0 Å². The average molecular weight is 336 g/mol. The lowest BCUT2D eigenvalue weighted by Gasteiger charge is -2.33. The van der Waals surface area contributed by atoms with E-state index >= 15 is 0 Å². The minimum absolute atomic E-state index is 0.183. The summed E-state index contributed by atoms with van der Waals surface area (Å²) in [5, 5.41) is 3.84. The Morgan fingerprint density at radius 2 is 1.60 bits per heavy atom. The van der Waals surface area contributed by atoms with Gasteiger partial charge in [0.05, 0.1) is 12.6 Å². The number of nitrogens with one attached hydrogen (secondary N) is 1. The van der Waals surface area contributed by atoms with Crippen molar-refractivity contribution in [3.05, 3.63) is 59.7 Å². The van der Waals surface area contributed by atoms with Gasteiger partial charge in [-0.1, -0.05) is 48.5 Å². The molecule has 1 fully saturated rings. The van der Waals surface area contributed by atoms with E-state index in [4.69, 9.17) is 4.74 Å². The Kier molecular flexibility index (Phi) is 4.45. The molecule has 0 spiro atoms. The lowest BCUT2D eigenvalue weighted by Crippen LogP contribution is -2.45.